The van der Waals surface area contributed by atoms with E-state index in [1.54, 1.807) is 6.33 Å². The number of rotatable bonds is 1. The van der Waals surface area contributed by atoms with Crippen molar-refractivity contribution in [2.24, 2.45) is 5.92 Å². The number of piperidine rings is 2. The van der Waals surface area contributed by atoms with Gasteiger partial charge in [0.2, 0.25) is 0 Å². The van der Waals surface area contributed by atoms with Gasteiger partial charge in [0.05, 0.1) is 0 Å². The predicted octanol–water partition coefficient (Wildman–Crippen LogP) is 1.29. The monoisotopic (exact) mass is 261 g/mol. The number of anilines is 2. The highest BCUT2D eigenvalue weighted by Crippen LogP contribution is 2.32. The van der Waals surface area contributed by atoms with Gasteiger partial charge in [0.15, 0.2) is 0 Å². The minimum atomic E-state index is 0.605. The molecule has 2 unspecified atom stereocenters. The summed E-state index contributed by atoms with van der Waals surface area (Å²) in [5, 5.41) is 0. The molecule has 0 aliphatic carbocycles. The molecule has 0 amide bonds. The van der Waals surface area contributed by atoms with Crippen molar-refractivity contribution in [3.8, 4) is 0 Å². The minimum absolute atomic E-state index is 0.605. The molecule has 0 radical (unpaired) electrons. The Bertz CT molecular complexity index is 461. The van der Waals surface area contributed by atoms with Crippen molar-refractivity contribution in [3.63, 3.8) is 0 Å². The van der Waals surface area contributed by atoms with Gasteiger partial charge in [-0.15, -0.1) is 0 Å². The zero-order chi connectivity index (χ0) is 13.4. The molecule has 2 aliphatic heterocycles. The summed E-state index contributed by atoms with van der Waals surface area (Å²) in [4.78, 5) is 13.4. The molecule has 0 aromatic carbocycles. The van der Waals surface area contributed by atoms with Crippen molar-refractivity contribution in [3.05, 3.63) is 11.9 Å². The molecule has 2 fully saturated rings. The average Bonchev–Trinajstić information content (AvgIpc) is 2.42. The molecule has 104 valence electrons. The van der Waals surface area contributed by atoms with Gasteiger partial charge >= 0.3 is 0 Å². The second kappa shape index (κ2) is 4.96. The van der Waals surface area contributed by atoms with Crippen LogP contribution >= 0.6 is 0 Å². The summed E-state index contributed by atoms with van der Waals surface area (Å²) >= 11 is 0. The second-order valence-electron chi connectivity index (χ2n) is 5.89. The van der Waals surface area contributed by atoms with Crippen molar-refractivity contribution in [1.82, 2.24) is 14.9 Å². The topological polar surface area (TPSA) is 58.3 Å². The van der Waals surface area contributed by atoms with Gasteiger partial charge in [-0.25, -0.2) is 9.97 Å². The maximum atomic E-state index is 5.90. The number of nitrogens with two attached hydrogens (primary N) is 1. The average molecular weight is 261 g/mol. The summed E-state index contributed by atoms with van der Waals surface area (Å²) in [7, 11) is 2.26. The molecule has 2 aliphatic rings. The SMILES string of the molecule is Cc1c(N)ncnc1N1CCC2C(CCCN2C)C1. The highest BCUT2D eigenvalue weighted by molar-refractivity contribution is 5.55. The number of nitrogen functional groups attached to an aromatic ring is 1. The second-order valence-corrected chi connectivity index (χ2v) is 5.89. The molecule has 2 atom stereocenters. The van der Waals surface area contributed by atoms with Crippen molar-refractivity contribution >= 4 is 11.6 Å². The molecule has 19 heavy (non-hydrogen) atoms. The van der Waals surface area contributed by atoms with E-state index in [1.165, 1.54) is 25.8 Å². The van der Waals surface area contributed by atoms with Crippen LogP contribution < -0.4 is 10.6 Å². The molecule has 5 nitrogen and oxygen atoms in total. The Hall–Kier alpha value is -1.36. The van der Waals surface area contributed by atoms with E-state index >= 15 is 0 Å². The van der Waals surface area contributed by atoms with E-state index < -0.39 is 0 Å². The number of fused-ring (bicyclic) bond motifs is 1. The maximum absolute atomic E-state index is 5.90. The lowest BCUT2D eigenvalue weighted by atomic mass is 9.84. The van der Waals surface area contributed by atoms with Crippen LogP contribution in [-0.2, 0) is 0 Å². The molecule has 1 aromatic heterocycles. The zero-order valence-corrected chi connectivity index (χ0v) is 11.8. The van der Waals surface area contributed by atoms with Crippen LogP contribution in [0.1, 0.15) is 24.8 Å². The maximum Gasteiger partial charge on any atom is 0.137 e. The van der Waals surface area contributed by atoms with Crippen LogP contribution in [0.25, 0.3) is 0 Å². The Morgan fingerprint density at radius 3 is 2.95 bits per heavy atom. The third-order valence-electron chi connectivity index (χ3n) is 4.74. The summed E-state index contributed by atoms with van der Waals surface area (Å²) in [5.74, 6) is 2.40. The molecule has 3 rings (SSSR count). The third-order valence-corrected chi connectivity index (χ3v) is 4.74. The van der Waals surface area contributed by atoms with Crippen LogP contribution in [0.15, 0.2) is 6.33 Å². The van der Waals surface area contributed by atoms with E-state index in [0.717, 1.165) is 36.4 Å². The van der Waals surface area contributed by atoms with Gasteiger partial charge in [0.1, 0.15) is 18.0 Å². The van der Waals surface area contributed by atoms with Crippen LogP contribution in [0.4, 0.5) is 11.6 Å². The predicted molar refractivity (Wildman–Crippen MR) is 77.2 cm³/mol. The number of aromatic nitrogens is 2. The molecule has 0 spiro atoms. The van der Waals surface area contributed by atoms with E-state index in [4.69, 9.17) is 5.73 Å². The van der Waals surface area contributed by atoms with Crippen LogP contribution in [-0.4, -0.2) is 47.6 Å². The Morgan fingerprint density at radius 2 is 2.11 bits per heavy atom. The fourth-order valence-corrected chi connectivity index (χ4v) is 3.62. The summed E-state index contributed by atoms with van der Waals surface area (Å²) in [6.45, 7) is 5.44. The molecular formula is C14H23N5. The minimum Gasteiger partial charge on any atom is -0.383 e. The molecule has 2 N–H and O–H groups in total. The smallest absolute Gasteiger partial charge is 0.137 e. The number of hydrogen-bond donors (Lipinski definition) is 1. The third kappa shape index (κ3) is 2.27. The highest BCUT2D eigenvalue weighted by Gasteiger charge is 2.35. The van der Waals surface area contributed by atoms with Crippen molar-refractivity contribution in [1.29, 1.82) is 0 Å². The first-order valence-corrected chi connectivity index (χ1v) is 7.19. The van der Waals surface area contributed by atoms with Crippen LogP contribution in [0.3, 0.4) is 0 Å². The quantitative estimate of drug-likeness (QED) is 0.825. The van der Waals surface area contributed by atoms with Crippen molar-refractivity contribution < 1.29 is 0 Å². The summed E-state index contributed by atoms with van der Waals surface area (Å²) in [5.41, 5.74) is 6.91. The van der Waals surface area contributed by atoms with E-state index in [9.17, 15) is 0 Å². The van der Waals surface area contributed by atoms with Crippen LogP contribution in [0.5, 0.6) is 0 Å². The van der Waals surface area contributed by atoms with Crippen LogP contribution in [0.2, 0.25) is 0 Å². The Labute approximate surface area is 114 Å². The number of nitrogens with zero attached hydrogens (tertiary/aromatic N) is 4. The van der Waals surface area contributed by atoms with Gasteiger partial charge in [-0.1, -0.05) is 0 Å². The van der Waals surface area contributed by atoms with Crippen molar-refractivity contribution in [2.45, 2.75) is 32.2 Å². The molecular weight excluding hydrogens is 238 g/mol. The fourth-order valence-electron chi connectivity index (χ4n) is 3.62. The summed E-state index contributed by atoms with van der Waals surface area (Å²) in [6, 6.07) is 0.754. The zero-order valence-electron chi connectivity index (χ0n) is 11.8. The number of likely N-dealkylation sites (tertiary alicyclic amines) is 1. The Balaban J connectivity index is 1.79. The molecule has 0 bridgehead atoms. The van der Waals surface area contributed by atoms with Gasteiger partial charge < -0.3 is 15.5 Å². The molecule has 2 saturated heterocycles. The lowest BCUT2D eigenvalue weighted by molar-refractivity contribution is 0.102. The van der Waals surface area contributed by atoms with E-state index in [-0.39, 0.29) is 0 Å². The molecule has 5 heteroatoms. The van der Waals surface area contributed by atoms with Gasteiger partial charge in [-0.3, -0.25) is 0 Å². The molecule has 0 saturated carbocycles. The first-order chi connectivity index (χ1) is 9.16. The van der Waals surface area contributed by atoms with Gasteiger partial charge in [0, 0.05) is 24.7 Å². The first-order valence-electron chi connectivity index (χ1n) is 7.19. The van der Waals surface area contributed by atoms with E-state index in [0.29, 0.717) is 5.82 Å². The number of hydrogen-bond acceptors (Lipinski definition) is 5. The first kappa shape index (κ1) is 12.7. The van der Waals surface area contributed by atoms with E-state index in [1.807, 2.05) is 6.92 Å². The fraction of sp³-hybridized carbons (Fsp3) is 0.714. The Morgan fingerprint density at radius 1 is 1.26 bits per heavy atom. The standard InChI is InChI=1S/C14H23N5/c1-10-13(15)16-9-17-14(10)19-7-5-12-11(8-19)4-3-6-18(12)2/h9,11-12H,3-8H2,1-2H3,(H2,15,16,17). The van der Waals surface area contributed by atoms with Gasteiger partial charge in [0.25, 0.3) is 0 Å². The van der Waals surface area contributed by atoms with Gasteiger partial charge in [-0.2, -0.15) is 0 Å². The molecule has 3 heterocycles. The molecule has 1 aromatic rings. The largest absolute Gasteiger partial charge is 0.383 e. The lowest BCUT2D eigenvalue weighted by Gasteiger charge is -2.46. The highest BCUT2D eigenvalue weighted by atomic mass is 15.2. The lowest BCUT2D eigenvalue weighted by Crippen LogP contribution is -2.53. The normalized spacial score (nSPS) is 28.2. The van der Waals surface area contributed by atoms with Gasteiger partial charge in [-0.05, 0) is 45.7 Å². The summed E-state index contributed by atoms with van der Waals surface area (Å²) in [6.07, 6.45) is 5.46. The Kier molecular flexibility index (Phi) is 3.31. The van der Waals surface area contributed by atoms with E-state index in [2.05, 4.69) is 26.8 Å². The van der Waals surface area contributed by atoms with Crippen LogP contribution in [0, 0.1) is 12.8 Å². The van der Waals surface area contributed by atoms with Crippen molar-refractivity contribution in [2.75, 3.05) is 37.3 Å². The summed E-state index contributed by atoms with van der Waals surface area (Å²) < 4.78 is 0.